The largest absolute Gasteiger partial charge is 0.396 e. The molecule has 1 saturated carbocycles. The Morgan fingerprint density at radius 1 is 1.53 bits per heavy atom. The normalized spacial score (nSPS) is 30.5. The average molecular weight is 217 g/mol. The molecule has 1 rings (SSSR count). The van der Waals surface area contributed by atoms with Crippen LogP contribution >= 0.6 is 0 Å². The van der Waals surface area contributed by atoms with Gasteiger partial charge >= 0.3 is 0 Å². The van der Waals surface area contributed by atoms with Gasteiger partial charge in [-0.3, -0.25) is 4.79 Å². The maximum absolute atomic E-state index is 11.3. The van der Waals surface area contributed by atoms with Gasteiger partial charge in [-0.15, -0.1) is 0 Å². The van der Waals surface area contributed by atoms with Crippen LogP contribution in [-0.2, 0) is 9.53 Å². The highest BCUT2D eigenvalue weighted by molar-refractivity contribution is 5.77. The summed E-state index contributed by atoms with van der Waals surface area (Å²) in [5.41, 5.74) is 0. The minimum absolute atomic E-state index is 0.0288. The molecule has 5 nitrogen and oxygen atoms in total. The van der Waals surface area contributed by atoms with Gasteiger partial charge in [-0.25, -0.2) is 0 Å². The monoisotopic (exact) mass is 217 g/mol. The summed E-state index contributed by atoms with van der Waals surface area (Å²) in [6, 6.07) is -0.0369. The van der Waals surface area contributed by atoms with Gasteiger partial charge in [0.05, 0.1) is 6.10 Å². The first kappa shape index (κ1) is 12.4. The molecule has 0 aromatic rings. The fourth-order valence-corrected chi connectivity index (χ4v) is 1.88. The number of amides is 1. The van der Waals surface area contributed by atoms with Crippen LogP contribution in [0.5, 0.6) is 0 Å². The van der Waals surface area contributed by atoms with E-state index in [-0.39, 0.29) is 31.1 Å². The van der Waals surface area contributed by atoms with Crippen molar-refractivity contribution in [1.82, 2.24) is 5.32 Å². The molecule has 0 saturated heterocycles. The van der Waals surface area contributed by atoms with Crippen LogP contribution in [0.15, 0.2) is 0 Å². The molecule has 3 N–H and O–H groups in total. The number of hydrogen-bond acceptors (Lipinski definition) is 4. The van der Waals surface area contributed by atoms with Gasteiger partial charge in [0.2, 0.25) is 5.91 Å². The molecule has 1 aliphatic rings. The molecule has 0 bridgehead atoms. The summed E-state index contributed by atoms with van der Waals surface area (Å²) in [5, 5.41) is 21.2. The molecule has 0 aromatic carbocycles. The van der Waals surface area contributed by atoms with Crippen LogP contribution in [0.25, 0.3) is 0 Å². The second-order valence-electron chi connectivity index (χ2n) is 3.88. The van der Waals surface area contributed by atoms with Crippen LogP contribution in [0.3, 0.4) is 0 Å². The van der Waals surface area contributed by atoms with E-state index in [2.05, 4.69) is 5.32 Å². The van der Waals surface area contributed by atoms with Crippen molar-refractivity contribution < 1.29 is 19.7 Å². The highest BCUT2D eigenvalue weighted by atomic mass is 16.5. The first-order chi connectivity index (χ1) is 7.17. The van der Waals surface area contributed by atoms with E-state index in [1.165, 1.54) is 0 Å². The van der Waals surface area contributed by atoms with Crippen molar-refractivity contribution in [3.05, 3.63) is 0 Å². The molecule has 0 aromatic heterocycles. The fourth-order valence-electron chi connectivity index (χ4n) is 1.88. The number of nitrogens with one attached hydrogen (secondary N) is 1. The lowest BCUT2D eigenvalue weighted by Crippen LogP contribution is -2.36. The fraction of sp³-hybridized carbons (Fsp3) is 0.900. The van der Waals surface area contributed by atoms with Crippen molar-refractivity contribution in [3.8, 4) is 0 Å². The molecule has 0 radical (unpaired) electrons. The predicted molar refractivity (Wildman–Crippen MR) is 54.2 cm³/mol. The Labute approximate surface area is 89.4 Å². The van der Waals surface area contributed by atoms with E-state index in [4.69, 9.17) is 9.84 Å². The predicted octanol–water partition coefficient (Wildman–Crippen LogP) is -0.729. The molecule has 0 unspecified atom stereocenters. The number of carbonyl (C=O) groups excluding carboxylic acids is 1. The van der Waals surface area contributed by atoms with Gasteiger partial charge in [0.25, 0.3) is 0 Å². The molecule has 1 fully saturated rings. The van der Waals surface area contributed by atoms with Gasteiger partial charge in [0.15, 0.2) is 0 Å². The van der Waals surface area contributed by atoms with Crippen molar-refractivity contribution in [1.29, 1.82) is 0 Å². The van der Waals surface area contributed by atoms with Crippen LogP contribution in [0.1, 0.15) is 19.8 Å². The van der Waals surface area contributed by atoms with E-state index in [9.17, 15) is 9.90 Å². The Morgan fingerprint density at radius 2 is 2.27 bits per heavy atom. The van der Waals surface area contributed by atoms with E-state index in [0.717, 1.165) is 0 Å². The third-order valence-corrected chi connectivity index (χ3v) is 2.69. The smallest absolute Gasteiger partial charge is 0.246 e. The van der Waals surface area contributed by atoms with E-state index >= 15 is 0 Å². The van der Waals surface area contributed by atoms with Crippen LogP contribution in [0.4, 0.5) is 0 Å². The van der Waals surface area contributed by atoms with Crippen molar-refractivity contribution in [3.63, 3.8) is 0 Å². The van der Waals surface area contributed by atoms with E-state index in [1.807, 2.05) is 6.92 Å². The van der Waals surface area contributed by atoms with Crippen LogP contribution in [-0.4, -0.2) is 48.1 Å². The summed E-state index contributed by atoms with van der Waals surface area (Å²) in [6.07, 6.45) is 0.644. The Bertz CT molecular complexity index is 210. The Hall–Kier alpha value is -0.650. The first-order valence-corrected chi connectivity index (χ1v) is 5.33. The highest BCUT2D eigenvalue weighted by Gasteiger charge is 2.32. The third-order valence-electron chi connectivity index (χ3n) is 2.69. The molecule has 3 atom stereocenters. The van der Waals surface area contributed by atoms with Gasteiger partial charge in [-0.1, -0.05) is 0 Å². The highest BCUT2D eigenvalue weighted by Crippen LogP contribution is 2.25. The van der Waals surface area contributed by atoms with Gasteiger partial charge < -0.3 is 20.3 Å². The molecule has 0 heterocycles. The lowest BCUT2D eigenvalue weighted by molar-refractivity contribution is -0.126. The molecule has 88 valence electrons. The van der Waals surface area contributed by atoms with Gasteiger partial charge in [-0.2, -0.15) is 0 Å². The Kier molecular flexibility index (Phi) is 5.01. The number of carbonyl (C=O) groups is 1. The summed E-state index contributed by atoms with van der Waals surface area (Å²) in [6.45, 7) is 2.38. The van der Waals surface area contributed by atoms with E-state index in [0.29, 0.717) is 19.4 Å². The number of aliphatic hydroxyl groups is 2. The molecule has 15 heavy (non-hydrogen) atoms. The minimum atomic E-state index is -0.507. The Balaban J connectivity index is 2.25. The van der Waals surface area contributed by atoms with Gasteiger partial charge in [-0.05, 0) is 19.8 Å². The number of rotatable bonds is 5. The number of hydrogen-bond donors (Lipinski definition) is 3. The lowest BCUT2D eigenvalue weighted by Gasteiger charge is -2.12. The third kappa shape index (κ3) is 3.77. The standard InChI is InChI=1S/C10H19NO4/c1-2-15-6-10(14)11-8-3-7(5-12)9(13)4-8/h7-9,12-13H,2-6H2,1H3,(H,11,14)/t7-,8+,9+/m1/s1. The van der Waals surface area contributed by atoms with Gasteiger partial charge in [0.1, 0.15) is 6.61 Å². The number of ether oxygens (including phenoxy) is 1. The molecule has 5 heteroatoms. The average Bonchev–Trinajstić information content (AvgIpc) is 2.55. The van der Waals surface area contributed by atoms with Crippen molar-refractivity contribution in [2.24, 2.45) is 5.92 Å². The zero-order valence-corrected chi connectivity index (χ0v) is 8.98. The number of aliphatic hydroxyl groups excluding tert-OH is 2. The molecule has 0 aliphatic heterocycles. The summed E-state index contributed by atoms with van der Waals surface area (Å²) in [4.78, 5) is 11.3. The maximum atomic E-state index is 11.3. The molecule has 0 spiro atoms. The Morgan fingerprint density at radius 3 is 2.80 bits per heavy atom. The van der Waals surface area contributed by atoms with Crippen LogP contribution in [0, 0.1) is 5.92 Å². The first-order valence-electron chi connectivity index (χ1n) is 5.33. The molecular formula is C10H19NO4. The van der Waals surface area contributed by atoms with Crippen LogP contribution in [0.2, 0.25) is 0 Å². The summed E-state index contributed by atoms with van der Waals surface area (Å²) in [5.74, 6) is -0.268. The van der Waals surface area contributed by atoms with Crippen molar-refractivity contribution >= 4 is 5.91 Å². The van der Waals surface area contributed by atoms with Crippen molar-refractivity contribution in [2.45, 2.75) is 31.9 Å². The topological polar surface area (TPSA) is 78.8 Å². The van der Waals surface area contributed by atoms with Gasteiger partial charge in [0, 0.05) is 25.2 Å². The summed E-state index contributed by atoms with van der Waals surface area (Å²) < 4.78 is 4.96. The molecule has 1 aliphatic carbocycles. The minimum Gasteiger partial charge on any atom is -0.396 e. The summed E-state index contributed by atoms with van der Waals surface area (Å²) in [7, 11) is 0. The maximum Gasteiger partial charge on any atom is 0.246 e. The lowest BCUT2D eigenvalue weighted by atomic mass is 10.1. The zero-order chi connectivity index (χ0) is 11.3. The second-order valence-corrected chi connectivity index (χ2v) is 3.88. The summed E-state index contributed by atoms with van der Waals surface area (Å²) >= 11 is 0. The quantitative estimate of drug-likeness (QED) is 0.567. The van der Waals surface area contributed by atoms with E-state index in [1.54, 1.807) is 0 Å². The zero-order valence-electron chi connectivity index (χ0n) is 8.98. The SMILES string of the molecule is CCOCC(=O)N[C@H]1C[C@H](CO)[C@@H](O)C1. The molecule has 1 amide bonds. The molecular weight excluding hydrogens is 198 g/mol. The van der Waals surface area contributed by atoms with Crippen molar-refractivity contribution in [2.75, 3.05) is 19.8 Å². The van der Waals surface area contributed by atoms with Crippen LogP contribution < -0.4 is 5.32 Å². The van der Waals surface area contributed by atoms with E-state index < -0.39 is 6.10 Å². The second kappa shape index (κ2) is 6.05.